The van der Waals surface area contributed by atoms with Crippen LogP contribution in [0, 0.1) is 12.3 Å². The lowest BCUT2D eigenvalue weighted by Crippen LogP contribution is -2.21. The third-order valence-corrected chi connectivity index (χ3v) is 1.99. The van der Waals surface area contributed by atoms with Crippen molar-refractivity contribution >= 4 is 5.97 Å². The van der Waals surface area contributed by atoms with Crippen LogP contribution in [-0.4, -0.2) is 21.7 Å². The van der Waals surface area contributed by atoms with E-state index in [-0.39, 0.29) is 12.3 Å². The first-order valence-electron chi connectivity index (χ1n) is 4.74. The van der Waals surface area contributed by atoms with Crippen molar-refractivity contribution in [1.82, 2.24) is 4.98 Å². The summed E-state index contributed by atoms with van der Waals surface area (Å²) < 4.78 is 5.44. The van der Waals surface area contributed by atoms with Gasteiger partial charge in [0.25, 0.3) is 0 Å². The molecular formula is C12H13NO3. The van der Waals surface area contributed by atoms with Crippen molar-refractivity contribution < 1.29 is 14.6 Å². The fourth-order valence-corrected chi connectivity index (χ4v) is 0.986. The second-order valence-electron chi connectivity index (χ2n) is 3.80. The van der Waals surface area contributed by atoms with Crippen LogP contribution in [-0.2, 0) is 11.3 Å². The molecule has 0 atom stereocenters. The SMILES string of the molecule is C#CC(C)(C)OCc1ccnc(C(=O)O)c1. The Kier molecular flexibility index (Phi) is 3.64. The molecule has 0 fully saturated rings. The van der Waals surface area contributed by atoms with E-state index in [9.17, 15) is 4.79 Å². The zero-order valence-corrected chi connectivity index (χ0v) is 9.23. The largest absolute Gasteiger partial charge is 0.477 e. The van der Waals surface area contributed by atoms with Crippen molar-refractivity contribution in [1.29, 1.82) is 0 Å². The predicted molar refractivity (Wildman–Crippen MR) is 58.9 cm³/mol. The van der Waals surface area contributed by atoms with Gasteiger partial charge in [-0.2, -0.15) is 0 Å². The molecule has 1 aromatic heterocycles. The second-order valence-corrected chi connectivity index (χ2v) is 3.80. The van der Waals surface area contributed by atoms with Crippen molar-refractivity contribution in [2.75, 3.05) is 0 Å². The molecule has 0 unspecified atom stereocenters. The highest BCUT2D eigenvalue weighted by Gasteiger charge is 2.14. The molecular weight excluding hydrogens is 206 g/mol. The van der Waals surface area contributed by atoms with Crippen molar-refractivity contribution in [3.05, 3.63) is 29.6 Å². The number of rotatable bonds is 4. The smallest absolute Gasteiger partial charge is 0.354 e. The first kappa shape index (κ1) is 12.2. The van der Waals surface area contributed by atoms with E-state index in [4.69, 9.17) is 16.3 Å². The molecule has 0 amide bonds. The lowest BCUT2D eigenvalue weighted by molar-refractivity contribution is 0.0145. The maximum Gasteiger partial charge on any atom is 0.354 e. The van der Waals surface area contributed by atoms with Crippen LogP contribution in [0.1, 0.15) is 29.9 Å². The molecule has 16 heavy (non-hydrogen) atoms. The van der Waals surface area contributed by atoms with E-state index >= 15 is 0 Å². The van der Waals surface area contributed by atoms with Crippen LogP contribution in [0.5, 0.6) is 0 Å². The summed E-state index contributed by atoms with van der Waals surface area (Å²) in [5, 5.41) is 8.75. The van der Waals surface area contributed by atoms with Crippen LogP contribution in [0.2, 0.25) is 0 Å². The van der Waals surface area contributed by atoms with Crippen molar-refractivity contribution in [3.63, 3.8) is 0 Å². The summed E-state index contributed by atoms with van der Waals surface area (Å²) in [6, 6.07) is 3.16. The summed E-state index contributed by atoms with van der Waals surface area (Å²) in [6.07, 6.45) is 6.70. The normalized spacial score (nSPS) is 10.8. The Balaban J connectivity index is 2.72. The van der Waals surface area contributed by atoms with Crippen LogP contribution >= 0.6 is 0 Å². The number of aromatic nitrogens is 1. The molecule has 4 nitrogen and oxygen atoms in total. The zero-order chi connectivity index (χ0) is 12.2. The molecule has 0 aliphatic heterocycles. The van der Waals surface area contributed by atoms with Gasteiger partial charge in [0.15, 0.2) is 0 Å². The predicted octanol–water partition coefficient (Wildman–Crippen LogP) is 1.71. The van der Waals surface area contributed by atoms with Crippen LogP contribution in [0.3, 0.4) is 0 Å². The highest BCUT2D eigenvalue weighted by Crippen LogP contribution is 2.12. The number of aromatic carboxylic acids is 1. The summed E-state index contributed by atoms with van der Waals surface area (Å²) in [5.74, 6) is 1.44. The summed E-state index contributed by atoms with van der Waals surface area (Å²) in [5.41, 5.74) is 0.0717. The zero-order valence-electron chi connectivity index (χ0n) is 9.23. The molecule has 1 N–H and O–H groups in total. The van der Waals surface area contributed by atoms with Gasteiger partial charge in [0.05, 0.1) is 6.61 Å². The molecule has 0 aromatic carbocycles. The maximum atomic E-state index is 10.7. The average molecular weight is 219 g/mol. The summed E-state index contributed by atoms with van der Waals surface area (Å²) in [7, 11) is 0. The van der Waals surface area contributed by atoms with E-state index < -0.39 is 11.6 Å². The number of hydrogen-bond acceptors (Lipinski definition) is 3. The topological polar surface area (TPSA) is 59.4 Å². The third-order valence-electron chi connectivity index (χ3n) is 1.99. The van der Waals surface area contributed by atoms with Crippen molar-refractivity contribution in [2.45, 2.75) is 26.1 Å². The monoisotopic (exact) mass is 219 g/mol. The molecule has 84 valence electrons. The van der Waals surface area contributed by atoms with Crippen LogP contribution in [0.4, 0.5) is 0 Å². The quantitative estimate of drug-likeness (QED) is 0.783. The van der Waals surface area contributed by atoms with Gasteiger partial charge in [0.1, 0.15) is 11.3 Å². The molecule has 0 radical (unpaired) electrons. The Morgan fingerprint density at radius 1 is 1.69 bits per heavy atom. The Morgan fingerprint density at radius 2 is 2.38 bits per heavy atom. The Morgan fingerprint density at radius 3 is 2.94 bits per heavy atom. The number of carbonyl (C=O) groups is 1. The van der Waals surface area contributed by atoms with Gasteiger partial charge >= 0.3 is 5.97 Å². The van der Waals surface area contributed by atoms with E-state index in [0.717, 1.165) is 5.56 Å². The number of ether oxygens (including phenoxy) is 1. The van der Waals surface area contributed by atoms with Gasteiger partial charge in [-0.1, -0.05) is 5.92 Å². The fourth-order valence-electron chi connectivity index (χ4n) is 0.986. The average Bonchev–Trinajstić information content (AvgIpc) is 2.27. The van der Waals surface area contributed by atoms with E-state index in [2.05, 4.69) is 10.9 Å². The lowest BCUT2D eigenvalue weighted by atomic mass is 10.1. The molecule has 0 bridgehead atoms. The van der Waals surface area contributed by atoms with Gasteiger partial charge in [-0.25, -0.2) is 9.78 Å². The minimum atomic E-state index is -1.06. The molecule has 4 heteroatoms. The van der Waals surface area contributed by atoms with Gasteiger partial charge in [-0.3, -0.25) is 0 Å². The van der Waals surface area contributed by atoms with Crippen LogP contribution in [0.25, 0.3) is 0 Å². The van der Waals surface area contributed by atoms with Gasteiger partial charge in [0, 0.05) is 6.20 Å². The highest BCUT2D eigenvalue weighted by atomic mass is 16.5. The Bertz CT molecular complexity index is 432. The maximum absolute atomic E-state index is 10.7. The van der Waals surface area contributed by atoms with Crippen LogP contribution in [0.15, 0.2) is 18.3 Å². The molecule has 0 saturated heterocycles. The third kappa shape index (κ3) is 3.37. The number of carboxylic acids is 1. The molecule has 0 aliphatic rings. The molecule has 0 spiro atoms. The first-order chi connectivity index (χ1) is 7.44. The Labute approximate surface area is 94.3 Å². The number of nitrogens with zero attached hydrogens (tertiary/aromatic N) is 1. The summed E-state index contributed by atoms with van der Waals surface area (Å²) in [6.45, 7) is 3.80. The molecule has 1 aromatic rings. The van der Waals surface area contributed by atoms with E-state index in [1.807, 2.05) is 0 Å². The van der Waals surface area contributed by atoms with E-state index in [1.165, 1.54) is 12.3 Å². The number of hydrogen-bond donors (Lipinski definition) is 1. The first-order valence-corrected chi connectivity index (χ1v) is 4.74. The van der Waals surface area contributed by atoms with Gasteiger partial charge in [-0.15, -0.1) is 6.42 Å². The standard InChI is InChI=1S/C12H13NO3/c1-4-12(2,3)16-8-9-5-6-13-10(7-9)11(14)15/h1,5-7H,8H2,2-3H3,(H,14,15). The van der Waals surface area contributed by atoms with Gasteiger partial charge in [0.2, 0.25) is 0 Å². The molecule has 1 heterocycles. The Hall–Kier alpha value is -1.86. The van der Waals surface area contributed by atoms with E-state index in [1.54, 1.807) is 19.9 Å². The molecule has 1 rings (SSSR count). The number of terminal acetylenes is 1. The number of pyridine rings is 1. The van der Waals surface area contributed by atoms with E-state index in [0.29, 0.717) is 0 Å². The van der Waals surface area contributed by atoms with Crippen LogP contribution < -0.4 is 0 Å². The highest BCUT2D eigenvalue weighted by molar-refractivity contribution is 5.85. The number of carboxylic acid groups (broad SMARTS) is 1. The molecule has 0 aliphatic carbocycles. The minimum Gasteiger partial charge on any atom is -0.477 e. The summed E-state index contributed by atoms with van der Waals surface area (Å²) >= 11 is 0. The van der Waals surface area contributed by atoms with Gasteiger partial charge < -0.3 is 9.84 Å². The van der Waals surface area contributed by atoms with Gasteiger partial charge in [-0.05, 0) is 31.5 Å². The second kappa shape index (κ2) is 4.77. The van der Waals surface area contributed by atoms with Crippen molar-refractivity contribution in [2.24, 2.45) is 0 Å². The fraction of sp³-hybridized carbons (Fsp3) is 0.333. The minimum absolute atomic E-state index is 0.000358. The summed E-state index contributed by atoms with van der Waals surface area (Å²) in [4.78, 5) is 14.4. The molecule has 0 saturated carbocycles. The lowest BCUT2D eigenvalue weighted by Gasteiger charge is -2.18. The van der Waals surface area contributed by atoms with Crippen molar-refractivity contribution in [3.8, 4) is 12.3 Å².